The zero-order chi connectivity index (χ0) is 14.8. The van der Waals surface area contributed by atoms with Crippen molar-refractivity contribution in [2.75, 3.05) is 6.54 Å². The first-order valence-electron chi connectivity index (χ1n) is 7.31. The molecule has 20 heavy (non-hydrogen) atoms. The second-order valence-corrected chi connectivity index (χ2v) is 5.50. The summed E-state index contributed by atoms with van der Waals surface area (Å²) in [4.78, 5) is 0. The third kappa shape index (κ3) is 3.34. The van der Waals surface area contributed by atoms with Gasteiger partial charge in [-0.25, -0.2) is 0 Å². The molecule has 1 fully saturated rings. The zero-order valence-electron chi connectivity index (χ0n) is 12.0. The first-order valence-corrected chi connectivity index (χ1v) is 7.31. The van der Waals surface area contributed by atoms with Gasteiger partial charge in [-0.2, -0.15) is 18.3 Å². The molecule has 1 aliphatic rings. The van der Waals surface area contributed by atoms with Crippen molar-refractivity contribution in [1.82, 2.24) is 15.1 Å². The molecule has 0 radical (unpaired) electrons. The Labute approximate surface area is 117 Å². The van der Waals surface area contributed by atoms with Crippen molar-refractivity contribution in [2.45, 2.75) is 57.8 Å². The number of hydrogen-bond donors (Lipinski definition) is 1. The molecule has 0 saturated heterocycles. The molecule has 1 N–H and O–H groups in total. The van der Waals surface area contributed by atoms with Crippen LogP contribution in [0, 0.1) is 5.92 Å². The zero-order valence-corrected chi connectivity index (χ0v) is 12.0. The van der Waals surface area contributed by atoms with E-state index in [9.17, 15) is 13.2 Å². The Morgan fingerprint density at radius 2 is 2.10 bits per heavy atom. The Morgan fingerprint density at radius 1 is 1.35 bits per heavy atom. The fourth-order valence-corrected chi connectivity index (χ4v) is 3.07. The highest BCUT2D eigenvalue weighted by atomic mass is 19.4. The van der Waals surface area contributed by atoms with Crippen LogP contribution in [0.2, 0.25) is 0 Å². The molecule has 1 heterocycles. The third-order valence-electron chi connectivity index (χ3n) is 4.21. The molecule has 0 bridgehead atoms. The van der Waals surface area contributed by atoms with Gasteiger partial charge in [-0.1, -0.05) is 20.3 Å². The maximum absolute atomic E-state index is 12.7. The molecule has 3 unspecified atom stereocenters. The Kier molecular flexibility index (Phi) is 4.73. The van der Waals surface area contributed by atoms with E-state index in [-0.39, 0.29) is 12.1 Å². The van der Waals surface area contributed by atoms with E-state index in [0.717, 1.165) is 38.3 Å². The van der Waals surface area contributed by atoms with Crippen LogP contribution < -0.4 is 5.32 Å². The van der Waals surface area contributed by atoms with Crippen molar-refractivity contribution in [3.05, 3.63) is 18.0 Å². The van der Waals surface area contributed by atoms with E-state index in [1.807, 2.05) is 6.92 Å². The van der Waals surface area contributed by atoms with Crippen LogP contribution in [-0.2, 0) is 6.18 Å². The van der Waals surface area contributed by atoms with Gasteiger partial charge in [-0.05, 0) is 37.8 Å². The van der Waals surface area contributed by atoms with Gasteiger partial charge in [-0.3, -0.25) is 4.68 Å². The lowest BCUT2D eigenvalue weighted by Crippen LogP contribution is -2.42. The molecule has 0 aliphatic heterocycles. The summed E-state index contributed by atoms with van der Waals surface area (Å²) in [6, 6.07) is 1.30. The molecule has 0 amide bonds. The summed E-state index contributed by atoms with van der Waals surface area (Å²) in [5, 5.41) is 7.14. The molecular weight excluding hydrogens is 267 g/mol. The van der Waals surface area contributed by atoms with Gasteiger partial charge in [0.1, 0.15) is 0 Å². The Morgan fingerprint density at radius 3 is 2.65 bits per heavy atom. The molecule has 6 heteroatoms. The van der Waals surface area contributed by atoms with Crippen LogP contribution in [0.4, 0.5) is 13.2 Å². The van der Waals surface area contributed by atoms with Gasteiger partial charge in [0.15, 0.2) is 5.69 Å². The van der Waals surface area contributed by atoms with E-state index in [1.165, 1.54) is 10.9 Å². The smallest absolute Gasteiger partial charge is 0.312 e. The van der Waals surface area contributed by atoms with Crippen LogP contribution in [0.3, 0.4) is 0 Å². The second kappa shape index (κ2) is 6.16. The van der Waals surface area contributed by atoms with E-state index in [4.69, 9.17) is 0 Å². The Bertz CT molecular complexity index is 428. The molecule has 114 valence electrons. The highest BCUT2D eigenvalue weighted by Crippen LogP contribution is 2.35. The standard InChI is InChI=1S/C14H22F3N3/c1-3-10-5-6-11(18-4-2)12(9-10)20-8-7-13(19-20)14(15,16)17/h7-8,10-12,18H,3-6,9H2,1-2H3. The fraction of sp³-hybridized carbons (Fsp3) is 0.786. The minimum absolute atomic E-state index is 0.0183. The van der Waals surface area contributed by atoms with Crippen LogP contribution in [0.25, 0.3) is 0 Å². The predicted octanol–water partition coefficient (Wildman–Crippen LogP) is 3.63. The van der Waals surface area contributed by atoms with Crippen molar-refractivity contribution in [1.29, 1.82) is 0 Å². The van der Waals surface area contributed by atoms with Gasteiger partial charge < -0.3 is 5.32 Å². The number of likely N-dealkylation sites (N-methyl/N-ethyl adjacent to an activating group) is 1. The lowest BCUT2D eigenvalue weighted by molar-refractivity contribution is -0.141. The quantitative estimate of drug-likeness (QED) is 0.917. The summed E-state index contributed by atoms with van der Waals surface area (Å²) in [6.45, 7) is 4.98. The summed E-state index contributed by atoms with van der Waals surface area (Å²) in [5.74, 6) is 0.577. The second-order valence-electron chi connectivity index (χ2n) is 5.50. The lowest BCUT2D eigenvalue weighted by atomic mass is 9.81. The number of halogens is 3. The van der Waals surface area contributed by atoms with Crippen LogP contribution in [0.5, 0.6) is 0 Å². The van der Waals surface area contributed by atoms with Crippen molar-refractivity contribution < 1.29 is 13.2 Å². The first kappa shape index (κ1) is 15.4. The van der Waals surface area contributed by atoms with Crippen LogP contribution in [0.15, 0.2) is 12.3 Å². The van der Waals surface area contributed by atoms with Crippen LogP contribution in [0.1, 0.15) is 51.3 Å². The van der Waals surface area contributed by atoms with Gasteiger partial charge in [0, 0.05) is 12.2 Å². The average Bonchev–Trinajstić information content (AvgIpc) is 2.89. The van der Waals surface area contributed by atoms with Crippen LogP contribution >= 0.6 is 0 Å². The highest BCUT2D eigenvalue weighted by Gasteiger charge is 2.36. The van der Waals surface area contributed by atoms with E-state index >= 15 is 0 Å². The van der Waals surface area contributed by atoms with E-state index in [2.05, 4.69) is 17.3 Å². The number of alkyl halides is 3. The summed E-state index contributed by atoms with van der Waals surface area (Å²) in [6.07, 6.45) is 1.21. The maximum atomic E-state index is 12.7. The molecule has 1 aliphatic carbocycles. The molecule has 2 rings (SSSR count). The van der Waals surface area contributed by atoms with Gasteiger partial charge in [-0.15, -0.1) is 0 Å². The summed E-state index contributed by atoms with van der Waals surface area (Å²) < 4.78 is 39.5. The summed E-state index contributed by atoms with van der Waals surface area (Å²) >= 11 is 0. The largest absolute Gasteiger partial charge is 0.435 e. The van der Waals surface area contributed by atoms with Crippen LogP contribution in [-0.4, -0.2) is 22.4 Å². The highest BCUT2D eigenvalue weighted by molar-refractivity contribution is 5.05. The minimum atomic E-state index is -4.36. The van der Waals surface area contributed by atoms with E-state index < -0.39 is 11.9 Å². The Hall–Kier alpha value is -1.04. The van der Waals surface area contributed by atoms with Gasteiger partial charge >= 0.3 is 6.18 Å². The molecule has 1 aromatic rings. The van der Waals surface area contributed by atoms with Crippen molar-refractivity contribution in [3.63, 3.8) is 0 Å². The topological polar surface area (TPSA) is 29.9 Å². The molecule has 3 atom stereocenters. The molecule has 3 nitrogen and oxygen atoms in total. The number of nitrogens with zero attached hydrogens (tertiary/aromatic N) is 2. The van der Waals surface area contributed by atoms with Gasteiger partial charge in [0.05, 0.1) is 6.04 Å². The van der Waals surface area contributed by atoms with E-state index in [0.29, 0.717) is 5.92 Å². The van der Waals surface area contributed by atoms with Gasteiger partial charge in [0.2, 0.25) is 0 Å². The molecular formula is C14H22F3N3. The predicted molar refractivity (Wildman–Crippen MR) is 71.4 cm³/mol. The Balaban J connectivity index is 2.19. The molecule has 0 aromatic carbocycles. The number of hydrogen-bond acceptors (Lipinski definition) is 2. The monoisotopic (exact) mass is 289 g/mol. The molecule has 1 aromatic heterocycles. The average molecular weight is 289 g/mol. The summed E-state index contributed by atoms with van der Waals surface area (Å²) in [5.41, 5.74) is -0.800. The SMILES string of the molecule is CCNC1CCC(CC)CC1n1ccc(C(F)(F)F)n1. The maximum Gasteiger partial charge on any atom is 0.435 e. The number of aromatic nitrogens is 2. The van der Waals surface area contributed by atoms with E-state index in [1.54, 1.807) is 0 Å². The minimum Gasteiger partial charge on any atom is -0.312 e. The molecule has 1 saturated carbocycles. The third-order valence-corrected chi connectivity index (χ3v) is 4.21. The summed E-state index contributed by atoms with van der Waals surface area (Å²) in [7, 11) is 0. The lowest BCUT2D eigenvalue weighted by Gasteiger charge is -2.36. The van der Waals surface area contributed by atoms with Crippen molar-refractivity contribution >= 4 is 0 Å². The van der Waals surface area contributed by atoms with Crippen molar-refractivity contribution in [2.24, 2.45) is 5.92 Å². The fourth-order valence-electron chi connectivity index (χ4n) is 3.07. The van der Waals surface area contributed by atoms with Gasteiger partial charge in [0.25, 0.3) is 0 Å². The first-order chi connectivity index (χ1) is 9.45. The van der Waals surface area contributed by atoms with Crippen molar-refractivity contribution in [3.8, 4) is 0 Å². The molecule has 0 spiro atoms. The normalized spacial score (nSPS) is 27.8. The number of rotatable bonds is 4. The number of nitrogens with one attached hydrogen (secondary N) is 1.